The first-order valence-electron chi connectivity index (χ1n) is 23.4. The molecule has 13 atom stereocenters. The van der Waals surface area contributed by atoms with Crippen molar-refractivity contribution in [2.45, 2.75) is 111 Å². The second-order valence-electron chi connectivity index (χ2n) is 20.3. The maximum absolute atomic E-state index is 15.6. The molecule has 2 N–H and O–H groups in total. The Morgan fingerprint density at radius 1 is 1.00 bits per heavy atom. The fourth-order valence-corrected chi connectivity index (χ4v) is 15.2. The van der Waals surface area contributed by atoms with Crippen LogP contribution in [0.5, 0.6) is 11.5 Å². The number of fused-ring (bicyclic) bond motifs is 8. The molecule has 2 bridgehead atoms. The van der Waals surface area contributed by atoms with E-state index in [9.17, 15) is 9.90 Å². The van der Waals surface area contributed by atoms with Gasteiger partial charge in [-0.3, -0.25) is 14.5 Å². The molecule has 14 nitrogen and oxygen atoms in total. The third-order valence-corrected chi connectivity index (χ3v) is 17.5. The van der Waals surface area contributed by atoms with Gasteiger partial charge in [-0.05, 0) is 67.6 Å². The number of anilines is 2. The van der Waals surface area contributed by atoms with E-state index in [-0.39, 0.29) is 40.8 Å². The van der Waals surface area contributed by atoms with E-state index in [2.05, 4.69) is 41.4 Å². The highest BCUT2D eigenvalue weighted by Gasteiger charge is 2.81. The monoisotopic (exact) mass is 888 g/mol. The molecule has 0 aromatic heterocycles. The van der Waals surface area contributed by atoms with Gasteiger partial charge in [0.1, 0.15) is 35.2 Å². The van der Waals surface area contributed by atoms with Gasteiger partial charge in [0.25, 0.3) is 0 Å². The molecule has 14 heteroatoms. The number of hydroxylamine groups is 3. The number of nitrogens with one attached hydrogen (secondary N) is 1. The van der Waals surface area contributed by atoms with Gasteiger partial charge in [0.15, 0.2) is 6.10 Å². The zero-order chi connectivity index (χ0) is 45.5. The topological polar surface area (TPSA) is 162 Å². The third-order valence-electron chi connectivity index (χ3n) is 17.5. The van der Waals surface area contributed by atoms with Crippen LogP contribution in [0, 0.1) is 16.5 Å². The number of para-hydroxylation sites is 2. The van der Waals surface area contributed by atoms with E-state index >= 15 is 14.8 Å². The number of hydrogen-bond acceptors (Lipinski definition) is 13. The number of rotatable bonds is 8. The van der Waals surface area contributed by atoms with E-state index in [1.165, 1.54) is 14.0 Å². The highest BCUT2D eigenvalue weighted by Crippen LogP contribution is 2.69. The number of aliphatic hydroxyl groups is 1. The van der Waals surface area contributed by atoms with E-state index in [4.69, 9.17) is 23.7 Å². The van der Waals surface area contributed by atoms with Crippen LogP contribution in [0.4, 0.5) is 11.4 Å². The summed E-state index contributed by atoms with van der Waals surface area (Å²) in [6.07, 6.45) is 5.04. The lowest BCUT2D eigenvalue weighted by molar-refractivity contribution is -0.890. The summed E-state index contributed by atoms with van der Waals surface area (Å²) in [5.41, 5.74) is -2.25. The predicted octanol–water partition coefficient (Wildman–Crippen LogP) is 5.35. The molecule has 0 amide bonds. The number of likely N-dealkylation sites (N-methyl/N-ethyl adjacent to an activating group) is 1. The van der Waals surface area contributed by atoms with Crippen LogP contribution in [0.1, 0.15) is 75.5 Å². The Morgan fingerprint density at radius 2 is 1.77 bits per heavy atom. The molecule has 5 fully saturated rings. The summed E-state index contributed by atoms with van der Waals surface area (Å²) in [5, 5.41) is 32.7. The maximum atomic E-state index is 15.6. The van der Waals surface area contributed by atoms with Gasteiger partial charge in [0, 0.05) is 78.6 Å². The molecule has 3 aromatic carbocycles. The summed E-state index contributed by atoms with van der Waals surface area (Å²) >= 11 is 0. The summed E-state index contributed by atoms with van der Waals surface area (Å²) in [4.78, 5) is 48.4. The van der Waals surface area contributed by atoms with E-state index in [0.717, 1.165) is 22.5 Å². The zero-order valence-corrected chi connectivity index (χ0v) is 38.1. The van der Waals surface area contributed by atoms with Crippen LogP contribution < -0.4 is 19.7 Å². The molecule has 4 saturated heterocycles. The van der Waals surface area contributed by atoms with Crippen LogP contribution in [-0.4, -0.2) is 128 Å². The molecule has 3 aromatic rings. The van der Waals surface area contributed by atoms with Gasteiger partial charge in [0.2, 0.25) is 5.60 Å². The number of esters is 3. The molecule has 344 valence electrons. The molecule has 6 unspecified atom stereocenters. The van der Waals surface area contributed by atoms with Crippen LogP contribution in [0.2, 0.25) is 0 Å². The minimum atomic E-state index is -2.41. The summed E-state index contributed by atoms with van der Waals surface area (Å²) in [6, 6.07) is 18.9. The Bertz CT molecular complexity index is 2500. The average molecular weight is 889 g/mol. The molecule has 1 spiro atoms. The second-order valence-corrected chi connectivity index (χ2v) is 20.3. The lowest BCUT2D eigenvalue weighted by atomic mass is 9.47. The number of methoxy groups -OCH3 is 2. The average Bonchev–Trinajstić information content (AvgIpc) is 3.57. The molecule has 65 heavy (non-hydrogen) atoms. The van der Waals surface area contributed by atoms with Gasteiger partial charge in [-0.1, -0.05) is 62.4 Å². The summed E-state index contributed by atoms with van der Waals surface area (Å²) in [5.74, 6) is -1.81. The highest BCUT2D eigenvalue weighted by molar-refractivity contribution is 5.91. The standard InChI is InChI=1S/C51H60N4O10/c1-7-47-20-14-22-54-23-21-49(42(47)54)35-25-36(39(61-5)26-38(35)53(4)43(49)51(59,44(47)63-30(3)56)46(58)64-32-15-10-9-11-16-32)50(45(57)62-6)27-31-28-55(60,29-48(8-2)41(31)65-48)24-19-34-33-17-12-13-18-37(33)52-40(34)50/h9-18,20,25-26,31,34,40-44,52,59H,7-8,19,21-24,27-29H2,1-6H3/t31?,34?,40?,41?,42-,43+,44+,47+,48?,49+,50+,51-,55?/m1/s1. The molecular weight excluding hydrogens is 829 g/mol. The number of quaternary nitrogens is 1. The third kappa shape index (κ3) is 5.54. The van der Waals surface area contributed by atoms with Crippen molar-refractivity contribution in [2.24, 2.45) is 11.3 Å². The van der Waals surface area contributed by atoms with Crippen LogP contribution in [0.15, 0.2) is 78.9 Å². The smallest absolute Gasteiger partial charge is 0.349 e. The summed E-state index contributed by atoms with van der Waals surface area (Å²) < 4.78 is 31.1. The highest BCUT2D eigenvalue weighted by atomic mass is 16.6. The molecule has 1 aliphatic carbocycles. The molecule has 0 radical (unpaired) electrons. The van der Waals surface area contributed by atoms with Crippen molar-refractivity contribution in [1.82, 2.24) is 4.90 Å². The van der Waals surface area contributed by atoms with E-state index in [1.54, 1.807) is 31.4 Å². The number of hydrogen-bond donors (Lipinski definition) is 2. The Labute approximate surface area is 379 Å². The Kier molecular flexibility index (Phi) is 9.51. The molecule has 11 rings (SSSR count). The number of nitrogens with zero attached hydrogens (tertiary/aromatic N) is 3. The first kappa shape index (κ1) is 42.6. The number of benzene rings is 3. The number of ether oxygens (including phenoxy) is 5. The van der Waals surface area contributed by atoms with Gasteiger partial charge < -0.3 is 48.9 Å². The second kappa shape index (κ2) is 14.5. The van der Waals surface area contributed by atoms with Crippen LogP contribution >= 0.6 is 0 Å². The van der Waals surface area contributed by atoms with Gasteiger partial charge in [0.05, 0.1) is 39.4 Å². The lowest BCUT2D eigenvalue weighted by Gasteiger charge is -2.63. The molecular formula is C51H60N4O10. The fourth-order valence-electron chi connectivity index (χ4n) is 15.2. The SMILES string of the molecule is CCC12C[N+]3([O-])CCC4c5ccccc5NC4[C@@](C(=O)OC)(c4cc5c(cc4OC)N(C)[C@@H]4[C@](O)(C(=O)Oc6ccccc6)[C@@H](OC(C)=O)[C@@]6(CC)C=CCN7CC[C@@]54[C@H]76)CC(C3)C1O2. The van der Waals surface area contributed by atoms with Crippen molar-refractivity contribution >= 4 is 29.3 Å². The predicted molar refractivity (Wildman–Crippen MR) is 240 cm³/mol. The largest absolute Gasteiger partial charge is 0.633 e. The normalized spacial score (nSPS) is 40.2. The Hall–Kier alpha value is -4.99. The molecule has 7 heterocycles. The zero-order valence-electron chi connectivity index (χ0n) is 38.1. The minimum Gasteiger partial charge on any atom is -0.633 e. The van der Waals surface area contributed by atoms with Crippen LogP contribution in [-0.2, 0) is 39.4 Å². The van der Waals surface area contributed by atoms with Crippen molar-refractivity contribution in [3.05, 3.63) is 101 Å². The van der Waals surface area contributed by atoms with E-state index < -0.39 is 63.5 Å². The quantitative estimate of drug-likeness (QED) is 0.0745. The minimum absolute atomic E-state index is 0.198. The van der Waals surface area contributed by atoms with Gasteiger partial charge >= 0.3 is 17.9 Å². The first-order chi connectivity index (χ1) is 31.2. The van der Waals surface area contributed by atoms with Gasteiger partial charge in [-0.25, -0.2) is 4.79 Å². The first-order valence-corrected chi connectivity index (χ1v) is 23.4. The number of carbonyl (C=O) groups is 3. The van der Waals surface area contributed by atoms with Crippen molar-refractivity contribution < 1.29 is 47.8 Å². The van der Waals surface area contributed by atoms with Crippen molar-refractivity contribution in [1.29, 1.82) is 0 Å². The van der Waals surface area contributed by atoms with Gasteiger partial charge in [-0.15, -0.1) is 0 Å². The number of carbonyl (C=O) groups excluding carboxylic acids is 3. The molecule has 8 aliphatic rings. The Balaban J connectivity index is 1.17. The van der Waals surface area contributed by atoms with E-state index in [0.29, 0.717) is 69.7 Å². The molecule has 7 aliphatic heterocycles. The molecule has 1 saturated carbocycles. The Morgan fingerprint density at radius 3 is 2.49 bits per heavy atom. The summed E-state index contributed by atoms with van der Waals surface area (Å²) in [7, 11) is 4.90. The summed E-state index contributed by atoms with van der Waals surface area (Å²) in [6.45, 7) is 7.73. The number of piperidine rings is 1. The van der Waals surface area contributed by atoms with Crippen molar-refractivity contribution in [3.63, 3.8) is 0 Å². The fraction of sp³-hybridized carbons (Fsp3) is 0.549. The van der Waals surface area contributed by atoms with Crippen LogP contribution in [0.3, 0.4) is 0 Å². The lowest BCUT2D eigenvalue weighted by Crippen LogP contribution is -2.81. The maximum Gasteiger partial charge on any atom is 0.349 e. The van der Waals surface area contributed by atoms with E-state index in [1.807, 2.05) is 49.2 Å². The van der Waals surface area contributed by atoms with Gasteiger partial charge in [-0.2, -0.15) is 0 Å². The number of epoxide rings is 1. The van der Waals surface area contributed by atoms with Crippen molar-refractivity contribution in [3.8, 4) is 11.5 Å². The van der Waals surface area contributed by atoms with Crippen molar-refractivity contribution in [2.75, 3.05) is 64.2 Å². The van der Waals surface area contributed by atoms with Crippen LogP contribution in [0.25, 0.3) is 0 Å².